The number of hydrogen-bond donors (Lipinski definition) is 2. The van der Waals surface area contributed by atoms with Gasteiger partial charge in [-0.15, -0.1) is 0 Å². The number of nitrogens with zero attached hydrogens (tertiary/aromatic N) is 1. The number of aromatic carboxylic acids is 2. The second kappa shape index (κ2) is 5.40. The highest BCUT2D eigenvalue weighted by atomic mass is 16.5. The van der Waals surface area contributed by atoms with Gasteiger partial charge in [0.2, 0.25) is 0 Å². The minimum atomic E-state index is -1.16. The summed E-state index contributed by atoms with van der Waals surface area (Å²) >= 11 is 0. The van der Waals surface area contributed by atoms with Gasteiger partial charge in [0.25, 0.3) is 0 Å². The normalized spacial score (nSPS) is 13.2. The lowest BCUT2D eigenvalue weighted by molar-refractivity contribution is 0.0696. The van der Waals surface area contributed by atoms with Gasteiger partial charge in [-0.3, -0.25) is 0 Å². The first-order chi connectivity index (χ1) is 10.5. The van der Waals surface area contributed by atoms with Crippen molar-refractivity contribution in [3.63, 3.8) is 0 Å². The molecular weight excluding hydrogens is 286 g/mol. The maximum absolute atomic E-state index is 11.2. The first-order valence-corrected chi connectivity index (χ1v) is 6.62. The summed E-state index contributed by atoms with van der Waals surface area (Å²) in [7, 11) is 0. The topological polar surface area (TPSA) is 87.1 Å². The molecule has 6 nitrogen and oxygen atoms in total. The van der Waals surface area contributed by atoms with Crippen molar-refractivity contribution in [2.75, 3.05) is 11.6 Å². The first kappa shape index (κ1) is 13.9. The summed E-state index contributed by atoms with van der Waals surface area (Å²) in [6, 6.07) is 11.6. The maximum Gasteiger partial charge on any atom is 0.335 e. The zero-order valence-electron chi connectivity index (χ0n) is 11.5. The standard InChI is InChI=1S/C16H13NO5/c18-15(19)11-5-12(16(20)21)7-13(6-11)17-8-10-3-1-2-4-14(10)22-9-17/h1-7H,8-9H2,(H,18,19)(H,20,21). The van der Waals surface area contributed by atoms with Gasteiger partial charge in [-0.2, -0.15) is 0 Å². The van der Waals surface area contributed by atoms with Crippen LogP contribution in [0.3, 0.4) is 0 Å². The summed E-state index contributed by atoms with van der Waals surface area (Å²) in [5.74, 6) is -1.54. The third-order valence-electron chi connectivity index (χ3n) is 3.49. The molecule has 0 amide bonds. The summed E-state index contributed by atoms with van der Waals surface area (Å²) in [5.41, 5.74) is 1.35. The minimum Gasteiger partial charge on any atom is -0.478 e. The Bertz CT molecular complexity index is 724. The second-order valence-corrected chi connectivity index (χ2v) is 4.96. The third kappa shape index (κ3) is 2.58. The number of fused-ring (bicyclic) bond motifs is 1. The molecule has 0 saturated heterocycles. The molecule has 0 aromatic heterocycles. The van der Waals surface area contributed by atoms with Gasteiger partial charge in [0.1, 0.15) is 5.75 Å². The van der Waals surface area contributed by atoms with Crippen LogP contribution in [0.25, 0.3) is 0 Å². The van der Waals surface area contributed by atoms with Gasteiger partial charge < -0.3 is 19.8 Å². The number of carboxylic acids is 2. The number of carboxylic acid groups (broad SMARTS) is 2. The highest BCUT2D eigenvalue weighted by molar-refractivity contribution is 5.95. The average molecular weight is 299 g/mol. The molecule has 0 unspecified atom stereocenters. The van der Waals surface area contributed by atoms with Crippen LogP contribution in [0.2, 0.25) is 0 Å². The van der Waals surface area contributed by atoms with E-state index in [0.717, 1.165) is 17.4 Å². The molecule has 0 radical (unpaired) electrons. The number of carbonyl (C=O) groups is 2. The molecule has 1 aliphatic heterocycles. The van der Waals surface area contributed by atoms with Crippen LogP contribution < -0.4 is 9.64 Å². The summed E-state index contributed by atoms with van der Waals surface area (Å²) in [6.45, 7) is 0.761. The van der Waals surface area contributed by atoms with Gasteiger partial charge in [-0.1, -0.05) is 18.2 Å². The number of rotatable bonds is 3. The van der Waals surface area contributed by atoms with Crippen molar-refractivity contribution in [2.24, 2.45) is 0 Å². The molecule has 0 bridgehead atoms. The Morgan fingerprint density at radius 2 is 1.64 bits per heavy atom. The zero-order chi connectivity index (χ0) is 15.7. The molecule has 0 spiro atoms. The van der Waals surface area contributed by atoms with Crippen LogP contribution in [0.5, 0.6) is 5.75 Å². The lowest BCUT2D eigenvalue weighted by Gasteiger charge is -2.31. The van der Waals surface area contributed by atoms with E-state index in [1.165, 1.54) is 12.1 Å². The lowest BCUT2D eigenvalue weighted by atomic mass is 10.1. The van der Waals surface area contributed by atoms with Crippen LogP contribution in [0.4, 0.5) is 5.69 Å². The molecular formula is C16H13NO5. The number of benzene rings is 2. The van der Waals surface area contributed by atoms with Gasteiger partial charge in [0, 0.05) is 17.8 Å². The van der Waals surface area contributed by atoms with Crippen molar-refractivity contribution in [1.82, 2.24) is 0 Å². The minimum absolute atomic E-state index is 0.0613. The fourth-order valence-corrected chi connectivity index (χ4v) is 2.38. The highest BCUT2D eigenvalue weighted by Crippen LogP contribution is 2.29. The SMILES string of the molecule is O=C(O)c1cc(C(=O)O)cc(N2COc3ccccc3C2)c1. The van der Waals surface area contributed by atoms with Gasteiger partial charge in [-0.25, -0.2) is 9.59 Å². The van der Waals surface area contributed by atoms with Crippen LogP contribution in [0.1, 0.15) is 26.3 Å². The largest absolute Gasteiger partial charge is 0.478 e. The van der Waals surface area contributed by atoms with E-state index in [1.54, 1.807) is 4.90 Å². The fourth-order valence-electron chi connectivity index (χ4n) is 2.38. The van der Waals surface area contributed by atoms with E-state index in [0.29, 0.717) is 12.2 Å². The van der Waals surface area contributed by atoms with Crippen LogP contribution >= 0.6 is 0 Å². The summed E-state index contributed by atoms with van der Waals surface area (Å²) in [6.07, 6.45) is 0. The van der Waals surface area contributed by atoms with Crippen LogP contribution in [0, 0.1) is 0 Å². The molecule has 3 rings (SSSR count). The van der Waals surface area contributed by atoms with E-state index >= 15 is 0 Å². The van der Waals surface area contributed by atoms with Gasteiger partial charge in [0.15, 0.2) is 6.73 Å². The molecule has 0 fully saturated rings. The average Bonchev–Trinajstić information content (AvgIpc) is 2.53. The van der Waals surface area contributed by atoms with Crippen molar-refractivity contribution in [1.29, 1.82) is 0 Å². The van der Waals surface area contributed by atoms with E-state index in [9.17, 15) is 9.59 Å². The van der Waals surface area contributed by atoms with E-state index in [2.05, 4.69) is 0 Å². The highest BCUT2D eigenvalue weighted by Gasteiger charge is 2.20. The van der Waals surface area contributed by atoms with Crippen molar-refractivity contribution in [3.05, 3.63) is 59.2 Å². The third-order valence-corrected chi connectivity index (χ3v) is 3.49. The number of anilines is 1. The predicted molar refractivity (Wildman–Crippen MR) is 78.5 cm³/mol. The van der Waals surface area contributed by atoms with E-state index in [4.69, 9.17) is 14.9 Å². The molecule has 2 aromatic carbocycles. The van der Waals surface area contributed by atoms with Crippen LogP contribution in [-0.4, -0.2) is 28.9 Å². The molecule has 1 heterocycles. The Morgan fingerprint density at radius 1 is 1.00 bits per heavy atom. The zero-order valence-corrected chi connectivity index (χ0v) is 11.5. The predicted octanol–water partition coefficient (Wildman–Crippen LogP) is 2.44. The molecule has 2 N–H and O–H groups in total. The van der Waals surface area contributed by atoms with Gasteiger partial charge in [0.05, 0.1) is 11.1 Å². The quantitative estimate of drug-likeness (QED) is 0.905. The van der Waals surface area contributed by atoms with E-state index < -0.39 is 11.9 Å². The van der Waals surface area contributed by atoms with E-state index in [-0.39, 0.29) is 17.9 Å². The number of hydrogen-bond acceptors (Lipinski definition) is 4. The van der Waals surface area contributed by atoms with E-state index in [1.807, 2.05) is 24.3 Å². The molecule has 0 aliphatic carbocycles. The second-order valence-electron chi connectivity index (χ2n) is 4.96. The number of para-hydroxylation sites is 1. The monoisotopic (exact) mass is 299 g/mol. The molecule has 22 heavy (non-hydrogen) atoms. The Kier molecular flexibility index (Phi) is 3.42. The fraction of sp³-hybridized carbons (Fsp3) is 0.125. The smallest absolute Gasteiger partial charge is 0.335 e. The molecule has 0 atom stereocenters. The summed E-state index contributed by atoms with van der Waals surface area (Å²) in [4.78, 5) is 24.1. The van der Waals surface area contributed by atoms with Crippen LogP contribution in [-0.2, 0) is 6.54 Å². The molecule has 0 saturated carbocycles. The van der Waals surface area contributed by atoms with Crippen LogP contribution in [0.15, 0.2) is 42.5 Å². The Labute approximate surface area is 126 Å². The van der Waals surface area contributed by atoms with Crippen molar-refractivity contribution < 1.29 is 24.5 Å². The van der Waals surface area contributed by atoms with Crippen molar-refractivity contribution in [3.8, 4) is 5.75 Å². The summed E-state index contributed by atoms with van der Waals surface area (Å²) < 4.78 is 5.62. The maximum atomic E-state index is 11.2. The first-order valence-electron chi connectivity index (χ1n) is 6.62. The summed E-state index contributed by atoms with van der Waals surface area (Å²) in [5, 5.41) is 18.3. The Balaban J connectivity index is 1.98. The van der Waals surface area contributed by atoms with Gasteiger partial charge in [-0.05, 0) is 24.3 Å². The van der Waals surface area contributed by atoms with Crippen molar-refractivity contribution >= 4 is 17.6 Å². The molecule has 112 valence electrons. The molecule has 2 aromatic rings. The lowest BCUT2D eigenvalue weighted by Crippen LogP contribution is -2.32. The van der Waals surface area contributed by atoms with Gasteiger partial charge >= 0.3 is 11.9 Å². The molecule has 1 aliphatic rings. The molecule has 6 heteroatoms. The van der Waals surface area contributed by atoms with Crippen molar-refractivity contribution in [2.45, 2.75) is 6.54 Å². The Hall–Kier alpha value is -3.02. The number of ether oxygens (including phenoxy) is 1. The Morgan fingerprint density at radius 3 is 2.27 bits per heavy atom.